The molecule has 3 rings (SSSR count). The van der Waals surface area contributed by atoms with E-state index in [1.807, 2.05) is 6.92 Å². The second kappa shape index (κ2) is 10.4. The highest BCUT2D eigenvalue weighted by Gasteiger charge is 2.28. The van der Waals surface area contributed by atoms with Crippen LogP contribution < -0.4 is 16.4 Å². The SMILES string of the molecule is CCCCN(CC)S(=O)(=O)c1ccc(C(=O)Nc2sc3c(c2C(=O)NC(N)=O)CCC3)cc1. The Kier molecular flexibility index (Phi) is 7.88. The Hall–Kier alpha value is -2.76. The molecule has 9 nitrogen and oxygen atoms in total. The first-order chi connectivity index (χ1) is 15.7. The van der Waals surface area contributed by atoms with Gasteiger partial charge in [0.15, 0.2) is 0 Å². The van der Waals surface area contributed by atoms with E-state index in [-0.39, 0.29) is 16.0 Å². The van der Waals surface area contributed by atoms with Crippen molar-refractivity contribution in [2.24, 2.45) is 5.73 Å². The number of hydrogen-bond donors (Lipinski definition) is 3. The summed E-state index contributed by atoms with van der Waals surface area (Å²) in [5, 5.41) is 5.15. The number of nitrogens with two attached hydrogens (primary N) is 1. The van der Waals surface area contributed by atoms with Crippen molar-refractivity contribution in [1.29, 1.82) is 0 Å². The van der Waals surface area contributed by atoms with Gasteiger partial charge in [-0.1, -0.05) is 20.3 Å². The van der Waals surface area contributed by atoms with Crippen LogP contribution in [0.25, 0.3) is 0 Å². The number of benzene rings is 1. The van der Waals surface area contributed by atoms with Gasteiger partial charge in [-0.15, -0.1) is 11.3 Å². The Balaban J connectivity index is 1.81. The third-order valence-corrected chi connectivity index (χ3v) is 8.68. The van der Waals surface area contributed by atoms with Crippen molar-refractivity contribution in [3.63, 3.8) is 0 Å². The topological polar surface area (TPSA) is 139 Å². The number of nitrogens with zero attached hydrogens (tertiary/aromatic N) is 1. The minimum absolute atomic E-state index is 0.119. The molecule has 4 amide bonds. The summed E-state index contributed by atoms with van der Waals surface area (Å²) in [6, 6.07) is 4.75. The maximum Gasteiger partial charge on any atom is 0.319 e. The number of fused-ring (bicyclic) bond motifs is 1. The molecule has 0 radical (unpaired) electrons. The minimum Gasteiger partial charge on any atom is -0.351 e. The van der Waals surface area contributed by atoms with E-state index in [0.29, 0.717) is 24.5 Å². The van der Waals surface area contributed by atoms with Crippen LogP contribution in [0.15, 0.2) is 29.2 Å². The summed E-state index contributed by atoms with van der Waals surface area (Å²) in [5.74, 6) is -1.13. The van der Waals surface area contributed by atoms with Crippen LogP contribution >= 0.6 is 11.3 Å². The molecule has 0 bridgehead atoms. The summed E-state index contributed by atoms with van der Waals surface area (Å²) in [5.41, 5.74) is 6.42. The summed E-state index contributed by atoms with van der Waals surface area (Å²) < 4.78 is 27.2. The van der Waals surface area contributed by atoms with Gasteiger partial charge in [0.2, 0.25) is 10.0 Å². The molecule has 4 N–H and O–H groups in total. The minimum atomic E-state index is -3.65. The van der Waals surface area contributed by atoms with Gasteiger partial charge in [0.25, 0.3) is 11.8 Å². The molecule has 1 heterocycles. The molecular weight excluding hydrogens is 464 g/mol. The van der Waals surface area contributed by atoms with Crippen LogP contribution in [0.1, 0.15) is 64.3 Å². The highest BCUT2D eigenvalue weighted by molar-refractivity contribution is 7.89. The van der Waals surface area contributed by atoms with E-state index in [4.69, 9.17) is 5.73 Å². The molecule has 0 saturated carbocycles. The number of carbonyl (C=O) groups is 3. The van der Waals surface area contributed by atoms with Gasteiger partial charge in [-0.2, -0.15) is 4.31 Å². The zero-order valence-corrected chi connectivity index (χ0v) is 20.3. The van der Waals surface area contributed by atoms with Gasteiger partial charge in [-0.05, 0) is 55.5 Å². The third kappa shape index (κ3) is 5.43. The summed E-state index contributed by atoms with van der Waals surface area (Å²) >= 11 is 1.30. The van der Waals surface area contributed by atoms with E-state index >= 15 is 0 Å². The van der Waals surface area contributed by atoms with Crippen LogP contribution in [0, 0.1) is 0 Å². The molecule has 0 unspecified atom stereocenters. The van der Waals surface area contributed by atoms with Gasteiger partial charge in [0, 0.05) is 23.5 Å². The molecule has 33 heavy (non-hydrogen) atoms. The fraction of sp³-hybridized carbons (Fsp3) is 0.409. The molecule has 1 aromatic heterocycles. The van der Waals surface area contributed by atoms with Crippen molar-refractivity contribution in [1.82, 2.24) is 9.62 Å². The van der Waals surface area contributed by atoms with Crippen LogP contribution in [0.3, 0.4) is 0 Å². The van der Waals surface area contributed by atoms with Gasteiger partial charge in [-0.3, -0.25) is 14.9 Å². The van der Waals surface area contributed by atoms with Gasteiger partial charge in [0.05, 0.1) is 10.5 Å². The predicted molar refractivity (Wildman–Crippen MR) is 127 cm³/mol. The van der Waals surface area contributed by atoms with Crippen LogP contribution in [-0.4, -0.2) is 43.7 Å². The van der Waals surface area contributed by atoms with Gasteiger partial charge < -0.3 is 11.1 Å². The summed E-state index contributed by atoms with van der Waals surface area (Å²) in [6.45, 7) is 4.60. The molecule has 1 aromatic carbocycles. The number of unbranched alkanes of at least 4 members (excludes halogenated alkanes) is 1. The van der Waals surface area contributed by atoms with Crippen molar-refractivity contribution in [2.75, 3.05) is 18.4 Å². The molecule has 178 valence electrons. The smallest absolute Gasteiger partial charge is 0.319 e. The average molecular weight is 493 g/mol. The highest BCUT2D eigenvalue weighted by atomic mass is 32.2. The van der Waals surface area contributed by atoms with E-state index < -0.39 is 27.9 Å². The van der Waals surface area contributed by atoms with Crippen LogP contribution in [0.5, 0.6) is 0 Å². The second-order valence-electron chi connectivity index (χ2n) is 7.71. The third-order valence-electron chi connectivity index (χ3n) is 5.48. The van der Waals surface area contributed by atoms with Gasteiger partial charge >= 0.3 is 6.03 Å². The molecular formula is C22H28N4O5S2. The normalized spacial score (nSPS) is 13.1. The van der Waals surface area contributed by atoms with Crippen LogP contribution in [0.4, 0.5) is 9.80 Å². The maximum atomic E-state index is 12.9. The summed E-state index contributed by atoms with van der Waals surface area (Å²) in [6.07, 6.45) is 4.03. The van der Waals surface area contributed by atoms with Gasteiger partial charge in [-0.25, -0.2) is 13.2 Å². The number of sulfonamides is 1. The van der Waals surface area contributed by atoms with E-state index in [1.54, 1.807) is 6.92 Å². The first-order valence-electron chi connectivity index (χ1n) is 10.9. The lowest BCUT2D eigenvalue weighted by molar-refractivity contribution is 0.0966. The number of hydrogen-bond acceptors (Lipinski definition) is 6. The number of rotatable bonds is 9. The number of amides is 4. The number of aryl methyl sites for hydroxylation is 1. The first kappa shape index (κ1) is 24.9. The summed E-state index contributed by atoms with van der Waals surface area (Å²) in [7, 11) is -3.65. The molecule has 0 aliphatic heterocycles. The lowest BCUT2D eigenvalue weighted by Crippen LogP contribution is -2.35. The molecule has 0 atom stereocenters. The second-order valence-corrected chi connectivity index (χ2v) is 10.8. The molecule has 0 fully saturated rings. The molecule has 0 saturated heterocycles. The van der Waals surface area contributed by atoms with E-state index in [0.717, 1.165) is 36.1 Å². The number of imide groups is 1. The van der Waals surface area contributed by atoms with Crippen LogP contribution in [0.2, 0.25) is 0 Å². The number of thiophene rings is 1. The van der Waals surface area contributed by atoms with Crippen molar-refractivity contribution >= 4 is 44.2 Å². The van der Waals surface area contributed by atoms with Crippen LogP contribution in [-0.2, 0) is 22.9 Å². The average Bonchev–Trinajstić information content (AvgIpc) is 3.34. The number of carbonyl (C=O) groups excluding carboxylic acids is 3. The largest absolute Gasteiger partial charge is 0.351 e. The zero-order chi connectivity index (χ0) is 24.2. The first-order valence-corrected chi connectivity index (χ1v) is 13.1. The number of primary amides is 1. The Bertz CT molecular complexity index is 1160. The van der Waals surface area contributed by atoms with Crippen molar-refractivity contribution < 1.29 is 22.8 Å². The number of anilines is 1. The molecule has 2 aromatic rings. The molecule has 11 heteroatoms. The van der Waals surface area contributed by atoms with E-state index in [2.05, 4.69) is 10.6 Å². The Labute approximate surface area is 197 Å². The fourth-order valence-electron chi connectivity index (χ4n) is 3.79. The maximum absolute atomic E-state index is 12.9. The lowest BCUT2D eigenvalue weighted by atomic mass is 10.1. The number of urea groups is 1. The number of nitrogens with one attached hydrogen (secondary N) is 2. The van der Waals surface area contributed by atoms with E-state index in [9.17, 15) is 22.8 Å². The molecule has 0 spiro atoms. The Morgan fingerprint density at radius 2 is 1.79 bits per heavy atom. The summed E-state index contributed by atoms with van der Waals surface area (Å²) in [4.78, 5) is 37.6. The van der Waals surface area contributed by atoms with E-state index in [1.165, 1.54) is 39.9 Å². The van der Waals surface area contributed by atoms with Crippen molar-refractivity contribution in [2.45, 2.75) is 50.8 Å². The monoisotopic (exact) mass is 492 g/mol. The lowest BCUT2D eigenvalue weighted by Gasteiger charge is -2.20. The van der Waals surface area contributed by atoms with Gasteiger partial charge in [0.1, 0.15) is 5.00 Å². The quantitative estimate of drug-likeness (QED) is 0.494. The highest BCUT2D eigenvalue weighted by Crippen LogP contribution is 2.39. The Morgan fingerprint density at radius 1 is 1.09 bits per heavy atom. The fourth-order valence-corrected chi connectivity index (χ4v) is 6.56. The Morgan fingerprint density at radius 3 is 2.39 bits per heavy atom. The molecule has 1 aliphatic rings. The standard InChI is InChI=1S/C22H28N4O5S2/c1-3-5-13-26(4-2)33(30,31)15-11-9-14(10-12-15)19(27)24-21-18(20(28)25-22(23)29)16-7-6-8-17(16)32-21/h9-12H,3-8,13H2,1-2H3,(H,24,27)(H3,23,25,28,29). The zero-order valence-electron chi connectivity index (χ0n) is 18.6. The van der Waals surface area contributed by atoms with Crippen molar-refractivity contribution in [3.05, 3.63) is 45.8 Å². The molecule has 1 aliphatic carbocycles. The predicted octanol–water partition coefficient (Wildman–Crippen LogP) is 3.11. The van der Waals surface area contributed by atoms with Crippen molar-refractivity contribution in [3.8, 4) is 0 Å².